The van der Waals surface area contributed by atoms with Gasteiger partial charge >= 0.3 is 0 Å². The average Bonchev–Trinajstić information content (AvgIpc) is 3.04. The van der Waals surface area contributed by atoms with Crippen molar-refractivity contribution in [2.75, 3.05) is 7.11 Å². The number of carbonyl (C=O) groups is 1. The van der Waals surface area contributed by atoms with Crippen molar-refractivity contribution in [3.05, 3.63) is 52.8 Å². The number of imidazole rings is 1. The number of rotatable bonds is 7. The van der Waals surface area contributed by atoms with E-state index in [4.69, 9.17) is 16.3 Å². The molecule has 0 radical (unpaired) electrons. The van der Waals surface area contributed by atoms with Crippen molar-refractivity contribution in [1.82, 2.24) is 9.38 Å². The zero-order valence-corrected chi connectivity index (χ0v) is 15.6. The lowest BCUT2D eigenvalue weighted by Gasteiger charge is -2.09. The van der Waals surface area contributed by atoms with Crippen LogP contribution in [-0.4, -0.2) is 27.4 Å². The van der Waals surface area contributed by atoms with Crippen LogP contribution in [0.1, 0.15) is 30.9 Å². The molecule has 0 saturated carbocycles. The van der Waals surface area contributed by atoms with Gasteiger partial charge < -0.3 is 14.2 Å². The van der Waals surface area contributed by atoms with Crippen molar-refractivity contribution in [3.63, 3.8) is 0 Å². The fourth-order valence-electron chi connectivity index (χ4n) is 2.98. The van der Waals surface area contributed by atoms with Gasteiger partial charge in [-0.25, -0.2) is 4.98 Å². The molecule has 0 saturated heterocycles. The molecule has 0 unspecified atom stereocenters. The maximum Gasteiger partial charge on any atom is 0.137 e. The lowest BCUT2D eigenvalue weighted by molar-refractivity contribution is -0.118. The highest BCUT2D eigenvalue weighted by Gasteiger charge is 2.14. The van der Waals surface area contributed by atoms with Gasteiger partial charge in [0.05, 0.1) is 24.4 Å². The molecule has 0 aliphatic carbocycles. The number of benzene rings is 1. The summed E-state index contributed by atoms with van der Waals surface area (Å²) in [4.78, 5) is 16.5. The molecule has 1 aromatic carbocycles. The summed E-state index contributed by atoms with van der Waals surface area (Å²) >= 11 is 6.24. The van der Waals surface area contributed by atoms with E-state index >= 15 is 0 Å². The minimum atomic E-state index is -0.145. The summed E-state index contributed by atoms with van der Waals surface area (Å²) in [5, 5.41) is 10.1. The van der Waals surface area contributed by atoms with Crippen LogP contribution in [0.4, 0.5) is 0 Å². The number of halogens is 1. The van der Waals surface area contributed by atoms with Crippen molar-refractivity contribution in [1.29, 1.82) is 0 Å². The van der Waals surface area contributed by atoms with Gasteiger partial charge in [0, 0.05) is 30.8 Å². The van der Waals surface area contributed by atoms with Gasteiger partial charge in [0.1, 0.15) is 17.2 Å². The van der Waals surface area contributed by atoms with Crippen LogP contribution in [0.2, 0.25) is 5.02 Å². The fraction of sp³-hybridized carbons (Fsp3) is 0.300. The predicted molar refractivity (Wildman–Crippen MR) is 102 cm³/mol. The van der Waals surface area contributed by atoms with E-state index in [-0.39, 0.29) is 12.4 Å². The molecule has 1 N–H and O–H groups in total. The van der Waals surface area contributed by atoms with Gasteiger partial charge in [0.25, 0.3) is 0 Å². The molecule has 3 rings (SSSR count). The highest BCUT2D eigenvalue weighted by atomic mass is 35.5. The van der Waals surface area contributed by atoms with E-state index in [9.17, 15) is 9.90 Å². The monoisotopic (exact) mass is 372 g/mol. The van der Waals surface area contributed by atoms with E-state index in [1.54, 1.807) is 12.1 Å². The molecule has 0 bridgehead atoms. The van der Waals surface area contributed by atoms with Gasteiger partial charge in [-0.1, -0.05) is 18.5 Å². The molecule has 2 aromatic heterocycles. The second-order valence-corrected chi connectivity index (χ2v) is 6.60. The number of hydrogen-bond donors (Lipinski definition) is 1. The number of ketones is 1. The van der Waals surface area contributed by atoms with Crippen LogP contribution >= 0.6 is 11.6 Å². The predicted octanol–water partition coefficient (Wildman–Crippen LogP) is 4.07. The van der Waals surface area contributed by atoms with Crippen LogP contribution in [0.3, 0.4) is 0 Å². The molecule has 5 nitrogen and oxygen atoms in total. The first-order valence-corrected chi connectivity index (χ1v) is 8.90. The van der Waals surface area contributed by atoms with E-state index < -0.39 is 0 Å². The van der Waals surface area contributed by atoms with Gasteiger partial charge in [-0.05, 0) is 41.8 Å². The maximum atomic E-state index is 11.9. The molecule has 3 aromatic rings. The number of aliphatic hydroxyl groups is 1. The molecule has 0 aliphatic heterocycles. The quantitative estimate of drug-likeness (QED) is 0.679. The van der Waals surface area contributed by atoms with Crippen molar-refractivity contribution < 1.29 is 14.6 Å². The zero-order chi connectivity index (χ0) is 18.7. The molecule has 0 fully saturated rings. The molecular weight excluding hydrogens is 352 g/mol. The Morgan fingerprint density at radius 2 is 2.15 bits per heavy atom. The Labute approximate surface area is 157 Å². The topological polar surface area (TPSA) is 63.8 Å². The van der Waals surface area contributed by atoms with Crippen molar-refractivity contribution in [3.8, 4) is 17.0 Å². The first-order chi connectivity index (χ1) is 12.5. The zero-order valence-electron chi connectivity index (χ0n) is 14.8. The Balaban J connectivity index is 1.99. The highest BCUT2D eigenvalue weighted by Crippen LogP contribution is 2.33. The number of fused-ring (bicyclic) bond motifs is 1. The summed E-state index contributed by atoms with van der Waals surface area (Å²) in [6.07, 6.45) is 5.64. The van der Waals surface area contributed by atoms with Crippen LogP contribution in [-0.2, 0) is 17.8 Å². The van der Waals surface area contributed by atoms with Gasteiger partial charge in [0.15, 0.2) is 0 Å². The van der Waals surface area contributed by atoms with Crippen LogP contribution in [0.15, 0.2) is 36.7 Å². The molecular formula is C20H21ClN2O3. The Hall–Kier alpha value is -2.37. The number of nitrogens with zero attached hydrogens (tertiary/aromatic N) is 2. The third-order valence-corrected chi connectivity index (χ3v) is 4.57. The fourth-order valence-corrected chi connectivity index (χ4v) is 3.22. The largest absolute Gasteiger partial charge is 0.495 e. The summed E-state index contributed by atoms with van der Waals surface area (Å²) in [6, 6.07) is 7.32. The SMILES string of the molecule is CCCC(=O)Cc1ccn2cc(-c3cc(Cl)c(OC)cc3CO)nc2c1. The lowest BCUT2D eigenvalue weighted by atomic mass is 10.1. The minimum absolute atomic E-state index is 0.145. The standard InChI is InChI=1S/C20H21ClN2O3/c1-3-4-15(25)7-13-5-6-23-11-18(22-20(23)8-13)16-10-17(21)19(26-2)9-14(16)12-24/h5-6,8-11,24H,3-4,7,12H2,1-2H3. The Bertz CT molecular complexity index is 950. The first-order valence-electron chi connectivity index (χ1n) is 8.52. The summed E-state index contributed by atoms with van der Waals surface area (Å²) in [5.41, 5.74) is 3.84. The Kier molecular flexibility index (Phi) is 5.59. The van der Waals surface area contributed by atoms with Crippen molar-refractivity contribution in [2.24, 2.45) is 0 Å². The number of ether oxygens (including phenoxy) is 1. The van der Waals surface area contributed by atoms with E-state index in [2.05, 4.69) is 4.98 Å². The number of pyridine rings is 1. The first kappa shape index (κ1) is 18.4. The number of Topliss-reactive ketones (excluding diaryl/α,β-unsaturated/α-hetero) is 1. The summed E-state index contributed by atoms with van der Waals surface area (Å²) in [6.45, 7) is 1.86. The molecule has 26 heavy (non-hydrogen) atoms. The van der Waals surface area contributed by atoms with E-state index in [1.807, 2.05) is 35.9 Å². The number of aromatic nitrogens is 2. The smallest absolute Gasteiger partial charge is 0.137 e. The number of aliphatic hydroxyl groups excluding tert-OH is 1. The maximum absolute atomic E-state index is 11.9. The van der Waals surface area contributed by atoms with Gasteiger partial charge in [-0.2, -0.15) is 0 Å². The number of carbonyl (C=O) groups excluding carboxylic acids is 1. The molecule has 0 aliphatic rings. The van der Waals surface area contributed by atoms with Crippen molar-refractivity contribution in [2.45, 2.75) is 32.8 Å². The third kappa shape index (κ3) is 3.74. The molecule has 2 heterocycles. The van der Waals surface area contributed by atoms with E-state index in [1.165, 1.54) is 7.11 Å². The van der Waals surface area contributed by atoms with Gasteiger partial charge in [0.2, 0.25) is 0 Å². The third-order valence-electron chi connectivity index (χ3n) is 4.28. The number of methoxy groups -OCH3 is 1. The summed E-state index contributed by atoms with van der Waals surface area (Å²) in [5.74, 6) is 0.744. The molecule has 136 valence electrons. The Morgan fingerprint density at radius 3 is 2.85 bits per heavy atom. The molecule has 6 heteroatoms. The molecule has 0 atom stereocenters. The summed E-state index contributed by atoms with van der Waals surface area (Å²) < 4.78 is 7.10. The van der Waals surface area contributed by atoms with Crippen LogP contribution in [0.5, 0.6) is 5.75 Å². The van der Waals surface area contributed by atoms with Gasteiger partial charge in [-0.3, -0.25) is 4.79 Å². The lowest BCUT2D eigenvalue weighted by Crippen LogP contribution is -2.02. The average molecular weight is 373 g/mol. The second-order valence-electron chi connectivity index (χ2n) is 6.19. The van der Waals surface area contributed by atoms with E-state index in [0.29, 0.717) is 34.9 Å². The van der Waals surface area contributed by atoms with Crippen LogP contribution < -0.4 is 4.74 Å². The normalized spacial score (nSPS) is 11.1. The molecule has 0 amide bonds. The van der Waals surface area contributed by atoms with Crippen molar-refractivity contribution >= 4 is 23.0 Å². The Morgan fingerprint density at radius 1 is 1.35 bits per heavy atom. The van der Waals surface area contributed by atoms with E-state index in [0.717, 1.165) is 23.2 Å². The number of hydrogen-bond acceptors (Lipinski definition) is 4. The van der Waals surface area contributed by atoms with Crippen LogP contribution in [0, 0.1) is 0 Å². The second kappa shape index (κ2) is 7.89. The minimum Gasteiger partial charge on any atom is -0.495 e. The van der Waals surface area contributed by atoms with Crippen LogP contribution in [0.25, 0.3) is 16.9 Å². The summed E-state index contributed by atoms with van der Waals surface area (Å²) in [7, 11) is 1.54. The van der Waals surface area contributed by atoms with Gasteiger partial charge in [-0.15, -0.1) is 0 Å². The highest BCUT2D eigenvalue weighted by molar-refractivity contribution is 6.32. The molecule has 0 spiro atoms.